The van der Waals surface area contributed by atoms with E-state index in [4.69, 9.17) is 4.74 Å². The van der Waals surface area contributed by atoms with Crippen LogP contribution in [0.5, 0.6) is 0 Å². The molecule has 0 amide bonds. The molecular weight excluding hydrogens is 128 g/mol. The number of hydrogen-bond donors (Lipinski definition) is 0. The summed E-state index contributed by atoms with van der Waals surface area (Å²) in [4.78, 5) is 11.0. The second kappa shape index (κ2) is 2.26. The van der Waals surface area contributed by atoms with E-state index in [0.29, 0.717) is 6.61 Å². The zero-order valence-corrected chi connectivity index (χ0v) is 6.81. The zero-order chi connectivity index (χ0) is 7.78. The van der Waals surface area contributed by atoms with Crippen molar-refractivity contribution in [3.8, 4) is 0 Å². The molecule has 0 heterocycles. The van der Waals surface area contributed by atoms with E-state index in [2.05, 4.69) is 13.8 Å². The quantitative estimate of drug-likeness (QED) is 0.547. The fourth-order valence-electron chi connectivity index (χ4n) is 1.11. The molecule has 1 aliphatic rings. The van der Waals surface area contributed by atoms with E-state index < -0.39 is 0 Å². The van der Waals surface area contributed by atoms with Gasteiger partial charge in [-0.2, -0.15) is 0 Å². The second-order valence-corrected chi connectivity index (χ2v) is 3.50. The highest BCUT2D eigenvalue weighted by atomic mass is 16.5. The SMILES string of the molecule is CCOC(=O)C1CC1(C)C. The van der Waals surface area contributed by atoms with E-state index in [1.807, 2.05) is 6.92 Å². The Labute approximate surface area is 61.6 Å². The maximum absolute atomic E-state index is 11.0. The molecule has 0 saturated heterocycles. The molecule has 1 atom stereocenters. The molecule has 58 valence electrons. The molecule has 1 fully saturated rings. The fourth-order valence-corrected chi connectivity index (χ4v) is 1.11. The van der Waals surface area contributed by atoms with E-state index in [0.717, 1.165) is 6.42 Å². The maximum Gasteiger partial charge on any atom is 0.309 e. The van der Waals surface area contributed by atoms with Crippen molar-refractivity contribution in [1.29, 1.82) is 0 Å². The summed E-state index contributed by atoms with van der Waals surface area (Å²) in [5.41, 5.74) is 0.215. The van der Waals surface area contributed by atoms with E-state index in [1.54, 1.807) is 0 Å². The van der Waals surface area contributed by atoms with Crippen LogP contribution in [0, 0.1) is 11.3 Å². The number of hydrogen-bond acceptors (Lipinski definition) is 2. The van der Waals surface area contributed by atoms with Crippen LogP contribution in [0.4, 0.5) is 0 Å². The average molecular weight is 142 g/mol. The van der Waals surface area contributed by atoms with Crippen LogP contribution in [0.2, 0.25) is 0 Å². The standard InChI is InChI=1S/C8H14O2/c1-4-10-7(9)6-5-8(6,2)3/h6H,4-5H2,1-3H3. The van der Waals surface area contributed by atoms with E-state index in [-0.39, 0.29) is 17.3 Å². The smallest absolute Gasteiger partial charge is 0.309 e. The van der Waals surface area contributed by atoms with Crippen molar-refractivity contribution in [3.05, 3.63) is 0 Å². The van der Waals surface area contributed by atoms with Crippen LogP contribution in [0.15, 0.2) is 0 Å². The van der Waals surface area contributed by atoms with Gasteiger partial charge in [-0.25, -0.2) is 0 Å². The molecule has 0 aliphatic heterocycles. The van der Waals surface area contributed by atoms with Gasteiger partial charge in [0.2, 0.25) is 0 Å². The van der Waals surface area contributed by atoms with Gasteiger partial charge in [0.05, 0.1) is 12.5 Å². The van der Waals surface area contributed by atoms with E-state index >= 15 is 0 Å². The van der Waals surface area contributed by atoms with Gasteiger partial charge in [-0.3, -0.25) is 4.79 Å². The molecule has 0 radical (unpaired) electrons. The van der Waals surface area contributed by atoms with Crippen molar-refractivity contribution in [2.75, 3.05) is 6.61 Å². The Hall–Kier alpha value is -0.530. The molecule has 1 rings (SSSR count). The van der Waals surface area contributed by atoms with Gasteiger partial charge in [-0.1, -0.05) is 13.8 Å². The van der Waals surface area contributed by atoms with Crippen LogP contribution in [-0.4, -0.2) is 12.6 Å². The number of carbonyl (C=O) groups excluding carboxylic acids is 1. The topological polar surface area (TPSA) is 26.3 Å². The average Bonchev–Trinajstić information content (AvgIpc) is 2.41. The molecule has 0 aromatic carbocycles. The lowest BCUT2D eigenvalue weighted by atomic mass is 10.1. The minimum absolute atomic E-state index is 0.0208. The van der Waals surface area contributed by atoms with Crippen molar-refractivity contribution < 1.29 is 9.53 Å². The molecular formula is C8H14O2. The highest BCUT2D eigenvalue weighted by Gasteiger charge is 2.51. The number of esters is 1. The van der Waals surface area contributed by atoms with Gasteiger partial charge in [0.25, 0.3) is 0 Å². The Bertz CT molecular complexity index is 149. The first-order chi connectivity index (χ1) is 4.58. The zero-order valence-electron chi connectivity index (χ0n) is 6.81. The Balaban J connectivity index is 2.33. The highest BCUT2D eigenvalue weighted by molar-refractivity contribution is 5.76. The number of ether oxygens (including phenoxy) is 1. The van der Waals surface area contributed by atoms with Crippen molar-refractivity contribution in [2.45, 2.75) is 27.2 Å². The molecule has 0 aromatic rings. The summed E-state index contributed by atoms with van der Waals surface area (Å²) in [6, 6.07) is 0. The first-order valence-corrected chi connectivity index (χ1v) is 3.74. The van der Waals surface area contributed by atoms with Crippen molar-refractivity contribution in [3.63, 3.8) is 0 Å². The number of rotatable bonds is 2. The second-order valence-electron chi connectivity index (χ2n) is 3.50. The van der Waals surface area contributed by atoms with Gasteiger partial charge in [-0.15, -0.1) is 0 Å². The molecule has 0 N–H and O–H groups in total. The molecule has 1 saturated carbocycles. The molecule has 0 aromatic heterocycles. The third kappa shape index (κ3) is 1.31. The summed E-state index contributed by atoms with van der Waals surface area (Å²) in [5, 5.41) is 0. The van der Waals surface area contributed by atoms with Gasteiger partial charge in [0, 0.05) is 0 Å². The van der Waals surface area contributed by atoms with Crippen LogP contribution >= 0.6 is 0 Å². The van der Waals surface area contributed by atoms with Crippen LogP contribution in [0.1, 0.15) is 27.2 Å². The molecule has 1 unspecified atom stereocenters. The first-order valence-electron chi connectivity index (χ1n) is 3.74. The summed E-state index contributed by atoms with van der Waals surface area (Å²) in [5.74, 6) is 0.153. The van der Waals surface area contributed by atoms with Gasteiger partial charge in [-0.05, 0) is 18.8 Å². The summed E-state index contributed by atoms with van der Waals surface area (Å²) >= 11 is 0. The van der Waals surface area contributed by atoms with Gasteiger partial charge < -0.3 is 4.74 Å². The third-order valence-electron chi connectivity index (χ3n) is 2.08. The molecule has 2 nitrogen and oxygen atoms in total. The predicted octanol–water partition coefficient (Wildman–Crippen LogP) is 1.60. The van der Waals surface area contributed by atoms with Gasteiger partial charge in [0.15, 0.2) is 0 Å². The van der Waals surface area contributed by atoms with E-state index in [1.165, 1.54) is 0 Å². The first kappa shape index (κ1) is 7.58. The van der Waals surface area contributed by atoms with Crippen LogP contribution in [-0.2, 0) is 9.53 Å². The summed E-state index contributed by atoms with van der Waals surface area (Å²) in [6.45, 7) is 6.53. The van der Waals surface area contributed by atoms with Crippen molar-refractivity contribution in [1.82, 2.24) is 0 Å². The highest BCUT2D eigenvalue weighted by Crippen LogP contribution is 2.52. The lowest BCUT2D eigenvalue weighted by Gasteiger charge is -2.01. The molecule has 0 bridgehead atoms. The molecule has 10 heavy (non-hydrogen) atoms. The lowest BCUT2D eigenvalue weighted by molar-refractivity contribution is -0.145. The van der Waals surface area contributed by atoms with Gasteiger partial charge in [0.1, 0.15) is 0 Å². The normalized spacial score (nSPS) is 27.7. The van der Waals surface area contributed by atoms with Crippen molar-refractivity contribution >= 4 is 5.97 Å². The van der Waals surface area contributed by atoms with Crippen LogP contribution in [0.25, 0.3) is 0 Å². The fraction of sp³-hybridized carbons (Fsp3) is 0.875. The Morgan fingerprint density at radius 3 is 2.50 bits per heavy atom. The minimum atomic E-state index is -0.0208. The van der Waals surface area contributed by atoms with Crippen LogP contribution < -0.4 is 0 Å². The maximum atomic E-state index is 11.0. The molecule has 2 heteroatoms. The minimum Gasteiger partial charge on any atom is -0.466 e. The lowest BCUT2D eigenvalue weighted by Crippen LogP contribution is -2.09. The predicted molar refractivity (Wildman–Crippen MR) is 38.5 cm³/mol. The largest absolute Gasteiger partial charge is 0.466 e. The summed E-state index contributed by atoms with van der Waals surface area (Å²) in [7, 11) is 0. The van der Waals surface area contributed by atoms with Gasteiger partial charge >= 0.3 is 5.97 Å². The van der Waals surface area contributed by atoms with Crippen LogP contribution in [0.3, 0.4) is 0 Å². The Morgan fingerprint density at radius 1 is 1.70 bits per heavy atom. The molecule has 0 spiro atoms. The summed E-state index contributed by atoms with van der Waals surface area (Å²) < 4.78 is 4.86. The monoisotopic (exact) mass is 142 g/mol. The third-order valence-corrected chi connectivity index (χ3v) is 2.08. The van der Waals surface area contributed by atoms with E-state index in [9.17, 15) is 4.79 Å². The Morgan fingerprint density at radius 2 is 2.20 bits per heavy atom. The Kier molecular flexibility index (Phi) is 1.71. The summed E-state index contributed by atoms with van der Waals surface area (Å²) in [6.07, 6.45) is 0.992. The molecule has 1 aliphatic carbocycles. The van der Waals surface area contributed by atoms with Crippen molar-refractivity contribution in [2.24, 2.45) is 11.3 Å². The number of carbonyl (C=O) groups is 1.